The van der Waals surface area contributed by atoms with Crippen molar-refractivity contribution in [3.05, 3.63) is 93.7 Å². The monoisotopic (exact) mass is 421 g/mol. The number of nitrogens with one attached hydrogen (secondary N) is 2. The molecule has 2 aromatic carbocycles. The van der Waals surface area contributed by atoms with Crippen LogP contribution in [-0.4, -0.2) is 21.9 Å². The first-order valence-corrected chi connectivity index (χ1v) is 9.17. The highest BCUT2D eigenvalue weighted by atomic mass is 16.6. The number of ether oxygens (including phenoxy) is 1. The molecule has 10 nitrogen and oxygen atoms in total. The van der Waals surface area contributed by atoms with Gasteiger partial charge in [0.25, 0.3) is 11.6 Å². The summed E-state index contributed by atoms with van der Waals surface area (Å²) in [5.41, 5.74) is 7.93. The lowest BCUT2D eigenvalue weighted by molar-refractivity contribution is -0.384. The Hall–Kier alpha value is -4.47. The SMILES string of the molecule is Nc1ncccc1NC(=O)c1ccc(CNC(=O)OCc2ccc([N+](=O)[O-])cc2)cc1. The molecular formula is C21H19N5O5. The topological polar surface area (TPSA) is 149 Å². The number of alkyl carbamates (subject to hydrolysis) is 1. The fraction of sp³-hybridized carbons (Fsp3) is 0.0952. The van der Waals surface area contributed by atoms with Crippen molar-refractivity contribution in [2.24, 2.45) is 0 Å². The highest BCUT2D eigenvalue weighted by Gasteiger charge is 2.09. The number of pyridine rings is 1. The Kier molecular flexibility index (Phi) is 6.74. The lowest BCUT2D eigenvalue weighted by Gasteiger charge is -2.09. The minimum absolute atomic E-state index is 0.0135. The number of rotatable bonds is 7. The Morgan fingerprint density at radius 1 is 1.03 bits per heavy atom. The summed E-state index contributed by atoms with van der Waals surface area (Å²) in [6, 6.07) is 15.7. The molecule has 0 aliphatic carbocycles. The Morgan fingerprint density at radius 3 is 2.35 bits per heavy atom. The van der Waals surface area contributed by atoms with E-state index in [0.29, 0.717) is 16.8 Å². The summed E-state index contributed by atoms with van der Waals surface area (Å²) >= 11 is 0. The number of nitrogens with zero attached hydrogens (tertiary/aromatic N) is 2. The van der Waals surface area contributed by atoms with Gasteiger partial charge < -0.3 is 21.1 Å². The molecule has 0 aliphatic heterocycles. The fourth-order valence-electron chi connectivity index (χ4n) is 2.58. The molecule has 1 aromatic heterocycles. The first kappa shape index (κ1) is 21.2. The van der Waals surface area contributed by atoms with Crippen LogP contribution in [0.2, 0.25) is 0 Å². The molecule has 158 valence electrons. The maximum Gasteiger partial charge on any atom is 0.407 e. The molecule has 31 heavy (non-hydrogen) atoms. The van der Waals surface area contributed by atoms with Crippen molar-refractivity contribution in [3.8, 4) is 0 Å². The van der Waals surface area contributed by atoms with Crippen LogP contribution in [0.1, 0.15) is 21.5 Å². The smallest absolute Gasteiger partial charge is 0.407 e. The molecule has 2 amide bonds. The predicted molar refractivity (Wildman–Crippen MR) is 113 cm³/mol. The Labute approximate surface area is 177 Å². The van der Waals surface area contributed by atoms with Crippen LogP contribution >= 0.6 is 0 Å². The van der Waals surface area contributed by atoms with Crippen molar-refractivity contribution in [1.29, 1.82) is 0 Å². The molecular weight excluding hydrogens is 402 g/mol. The number of non-ortho nitro benzene ring substituents is 1. The van der Waals surface area contributed by atoms with E-state index in [1.165, 1.54) is 30.5 Å². The molecule has 4 N–H and O–H groups in total. The third kappa shape index (κ3) is 6.00. The zero-order valence-corrected chi connectivity index (χ0v) is 16.3. The van der Waals surface area contributed by atoms with E-state index < -0.39 is 11.0 Å². The van der Waals surface area contributed by atoms with Crippen molar-refractivity contribution in [1.82, 2.24) is 10.3 Å². The van der Waals surface area contributed by atoms with Gasteiger partial charge in [-0.25, -0.2) is 9.78 Å². The molecule has 0 bridgehead atoms. The zero-order valence-electron chi connectivity index (χ0n) is 16.3. The first-order chi connectivity index (χ1) is 14.9. The molecule has 0 unspecified atom stereocenters. The van der Waals surface area contributed by atoms with Crippen molar-refractivity contribution in [2.75, 3.05) is 11.1 Å². The van der Waals surface area contributed by atoms with Crippen LogP contribution in [0.25, 0.3) is 0 Å². The molecule has 0 radical (unpaired) electrons. The number of benzene rings is 2. The van der Waals surface area contributed by atoms with Gasteiger partial charge in [-0.3, -0.25) is 14.9 Å². The number of nitrogens with two attached hydrogens (primary N) is 1. The molecule has 0 atom stereocenters. The highest BCUT2D eigenvalue weighted by molar-refractivity contribution is 6.05. The van der Waals surface area contributed by atoms with Gasteiger partial charge in [0, 0.05) is 30.4 Å². The molecule has 0 spiro atoms. The molecule has 0 fully saturated rings. The fourth-order valence-corrected chi connectivity index (χ4v) is 2.58. The van der Waals surface area contributed by atoms with Crippen LogP contribution < -0.4 is 16.4 Å². The van der Waals surface area contributed by atoms with E-state index in [-0.39, 0.29) is 30.6 Å². The molecule has 0 saturated heterocycles. The van der Waals surface area contributed by atoms with Crippen LogP contribution in [0.5, 0.6) is 0 Å². The number of nitro groups is 1. The van der Waals surface area contributed by atoms with Gasteiger partial charge in [0.15, 0.2) is 0 Å². The molecule has 3 aromatic rings. The first-order valence-electron chi connectivity index (χ1n) is 9.17. The van der Waals surface area contributed by atoms with E-state index in [9.17, 15) is 19.7 Å². The lowest BCUT2D eigenvalue weighted by atomic mass is 10.1. The Balaban J connectivity index is 1.46. The molecule has 3 rings (SSSR count). The van der Waals surface area contributed by atoms with Gasteiger partial charge in [0.2, 0.25) is 0 Å². The summed E-state index contributed by atoms with van der Waals surface area (Å²) in [5, 5.41) is 15.9. The van der Waals surface area contributed by atoms with Crippen LogP contribution in [0.3, 0.4) is 0 Å². The minimum Gasteiger partial charge on any atom is -0.445 e. The van der Waals surface area contributed by atoms with Crippen LogP contribution in [0, 0.1) is 10.1 Å². The zero-order chi connectivity index (χ0) is 22.2. The van der Waals surface area contributed by atoms with Gasteiger partial charge >= 0.3 is 6.09 Å². The number of carbonyl (C=O) groups excluding carboxylic acids is 2. The highest BCUT2D eigenvalue weighted by Crippen LogP contribution is 2.16. The standard InChI is InChI=1S/C21H19N5O5/c22-19-18(2-1-11-23-19)25-20(27)16-7-3-14(4-8-16)12-24-21(28)31-13-15-5-9-17(10-6-15)26(29)30/h1-11H,12-13H2,(H2,22,23)(H,24,28)(H,25,27). The number of carbonyl (C=O) groups is 2. The summed E-state index contributed by atoms with van der Waals surface area (Å²) in [5.74, 6) is -0.106. The summed E-state index contributed by atoms with van der Waals surface area (Å²) in [6.07, 6.45) is 0.899. The third-order valence-electron chi connectivity index (χ3n) is 4.26. The van der Waals surface area contributed by atoms with Gasteiger partial charge in [-0.05, 0) is 47.5 Å². The molecule has 10 heteroatoms. The van der Waals surface area contributed by atoms with Crippen LogP contribution in [0.15, 0.2) is 66.9 Å². The van der Waals surface area contributed by atoms with Crippen molar-refractivity contribution in [3.63, 3.8) is 0 Å². The lowest BCUT2D eigenvalue weighted by Crippen LogP contribution is -2.23. The average Bonchev–Trinajstić information content (AvgIpc) is 2.78. The maximum absolute atomic E-state index is 12.3. The third-order valence-corrected chi connectivity index (χ3v) is 4.26. The quantitative estimate of drug-likeness (QED) is 0.391. The van der Waals surface area contributed by atoms with Gasteiger partial charge in [-0.2, -0.15) is 0 Å². The Bertz CT molecular complexity index is 1080. The predicted octanol–water partition coefficient (Wildman–Crippen LogP) is 3.25. The average molecular weight is 421 g/mol. The molecule has 0 aliphatic rings. The second-order valence-electron chi connectivity index (χ2n) is 6.44. The van der Waals surface area contributed by atoms with E-state index in [1.807, 2.05) is 0 Å². The molecule has 1 heterocycles. The number of nitro benzene ring substituents is 1. The van der Waals surface area contributed by atoms with Gasteiger partial charge in [0.05, 0.1) is 10.6 Å². The number of nitrogen functional groups attached to an aromatic ring is 1. The normalized spacial score (nSPS) is 10.2. The second kappa shape index (κ2) is 9.83. The van der Waals surface area contributed by atoms with E-state index in [2.05, 4.69) is 15.6 Å². The van der Waals surface area contributed by atoms with Crippen molar-refractivity contribution >= 4 is 29.2 Å². The number of amides is 2. The van der Waals surface area contributed by atoms with Crippen molar-refractivity contribution in [2.45, 2.75) is 13.2 Å². The Morgan fingerprint density at radius 2 is 1.71 bits per heavy atom. The number of anilines is 2. The molecule has 0 saturated carbocycles. The summed E-state index contributed by atoms with van der Waals surface area (Å²) in [6.45, 7) is 0.191. The van der Waals surface area contributed by atoms with Crippen molar-refractivity contribution < 1.29 is 19.2 Å². The van der Waals surface area contributed by atoms with Gasteiger partial charge in [0.1, 0.15) is 12.4 Å². The maximum atomic E-state index is 12.3. The number of hydrogen-bond acceptors (Lipinski definition) is 7. The minimum atomic E-state index is -0.632. The van der Waals surface area contributed by atoms with Gasteiger partial charge in [-0.1, -0.05) is 12.1 Å². The largest absolute Gasteiger partial charge is 0.445 e. The summed E-state index contributed by atoms with van der Waals surface area (Å²) in [4.78, 5) is 38.2. The van der Waals surface area contributed by atoms with E-state index in [0.717, 1.165) is 5.56 Å². The van der Waals surface area contributed by atoms with Crippen LogP contribution in [-0.2, 0) is 17.9 Å². The number of hydrogen-bond donors (Lipinski definition) is 3. The van der Waals surface area contributed by atoms with E-state index in [1.54, 1.807) is 36.4 Å². The van der Waals surface area contributed by atoms with E-state index in [4.69, 9.17) is 10.5 Å². The number of aromatic nitrogens is 1. The van der Waals surface area contributed by atoms with E-state index >= 15 is 0 Å². The summed E-state index contributed by atoms with van der Waals surface area (Å²) in [7, 11) is 0. The second-order valence-corrected chi connectivity index (χ2v) is 6.44. The summed E-state index contributed by atoms with van der Waals surface area (Å²) < 4.78 is 5.09. The van der Waals surface area contributed by atoms with Gasteiger partial charge in [-0.15, -0.1) is 0 Å². The van der Waals surface area contributed by atoms with Crippen LogP contribution in [0.4, 0.5) is 22.0 Å².